The van der Waals surface area contributed by atoms with Gasteiger partial charge in [0.1, 0.15) is 5.60 Å². The molecule has 134 valence electrons. The van der Waals surface area contributed by atoms with Crippen molar-refractivity contribution in [2.75, 3.05) is 0 Å². The van der Waals surface area contributed by atoms with Gasteiger partial charge in [-0.2, -0.15) is 0 Å². The molecule has 4 heteroatoms. The van der Waals surface area contributed by atoms with Gasteiger partial charge in [0.25, 0.3) is 0 Å². The number of ether oxygens (including phenoxy) is 1. The average molecular weight is 334 g/mol. The molecule has 0 amide bonds. The highest BCUT2D eigenvalue weighted by Gasteiger charge is 2.58. The number of carbonyl (C=O) groups is 1. The lowest BCUT2D eigenvalue weighted by molar-refractivity contribution is -0.297. The SMILES string of the molecule is C=C1CC[C@@H]2O[C@@]2(C)CC[C@H]2[C@H]1C[C@]2(C)C(=O)/C=C/C(C)(C)OO. The monoisotopic (exact) mass is 334 g/mol. The van der Waals surface area contributed by atoms with Gasteiger partial charge in [-0.1, -0.05) is 19.1 Å². The van der Waals surface area contributed by atoms with Gasteiger partial charge in [0.15, 0.2) is 5.78 Å². The normalized spacial score (nSPS) is 42.4. The van der Waals surface area contributed by atoms with Gasteiger partial charge in [-0.3, -0.25) is 10.1 Å². The van der Waals surface area contributed by atoms with Gasteiger partial charge in [-0.25, -0.2) is 4.89 Å². The summed E-state index contributed by atoms with van der Waals surface area (Å²) in [4.78, 5) is 17.2. The van der Waals surface area contributed by atoms with Gasteiger partial charge in [0, 0.05) is 5.41 Å². The fraction of sp³-hybridized carbons (Fsp3) is 0.750. The first-order valence-electron chi connectivity index (χ1n) is 9.03. The molecule has 2 aliphatic carbocycles. The van der Waals surface area contributed by atoms with Crippen LogP contribution in [0.1, 0.15) is 59.8 Å². The van der Waals surface area contributed by atoms with Crippen LogP contribution in [0.2, 0.25) is 0 Å². The molecule has 0 unspecified atom stereocenters. The summed E-state index contributed by atoms with van der Waals surface area (Å²) in [6, 6.07) is 0. The minimum atomic E-state index is -0.847. The number of hydrogen-bond donors (Lipinski definition) is 1. The number of epoxide rings is 1. The molecule has 1 heterocycles. The Balaban J connectivity index is 1.74. The summed E-state index contributed by atoms with van der Waals surface area (Å²) in [5.74, 6) is 0.912. The summed E-state index contributed by atoms with van der Waals surface area (Å²) in [6.45, 7) is 12.0. The number of ketones is 1. The predicted octanol–water partition coefficient (Wildman–Crippen LogP) is 4.31. The Kier molecular flexibility index (Phi) is 4.30. The lowest BCUT2D eigenvalue weighted by Crippen LogP contribution is -2.51. The molecule has 3 fully saturated rings. The van der Waals surface area contributed by atoms with Crippen LogP contribution in [-0.2, 0) is 14.4 Å². The Labute approximate surface area is 144 Å². The first-order chi connectivity index (χ1) is 11.1. The molecule has 0 aromatic rings. The van der Waals surface area contributed by atoms with E-state index in [2.05, 4.69) is 25.3 Å². The third-order valence-electron chi connectivity index (χ3n) is 6.62. The fourth-order valence-corrected chi connectivity index (χ4v) is 4.58. The van der Waals surface area contributed by atoms with Crippen molar-refractivity contribution in [3.8, 4) is 0 Å². The Morgan fingerprint density at radius 1 is 1.42 bits per heavy atom. The second-order valence-corrected chi connectivity index (χ2v) is 8.88. The Hall–Kier alpha value is -0.970. The molecule has 5 atom stereocenters. The number of fused-ring (bicyclic) bond motifs is 2. The lowest BCUT2D eigenvalue weighted by atomic mass is 9.49. The molecule has 0 aromatic heterocycles. The molecule has 3 aliphatic rings. The van der Waals surface area contributed by atoms with E-state index in [9.17, 15) is 4.79 Å². The Bertz CT molecular complexity index is 578. The molecule has 24 heavy (non-hydrogen) atoms. The zero-order chi connectivity index (χ0) is 17.8. The second-order valence-electron chi connectivity index (χ2n) is 8.88. The van der Waals surface area contributed by atoms with Gasteiger partial charge >= 0.3 is 0 Å². The van der Waals surface area contributed by atoms with E-state index in [1.807, 2.05) is 0 Å². The van der Waals surface area contributed by atoms with Crippen LogP contribution in [0.3, 0.4) is 0 Å². The molecule has 0 bridgehead atoms. The highest BCUT2D eigenvalue weighted by Crippen LogP contribution is 2.60. The summed E-state index contributed by atoms with van der Waals surface area (Å²) >= 11 is 0. The van der Waals surface area contributed by atoms with Crippen LogP contribution in [0.15, 0.2) is 24.3 Å². The molecule has 0 aromatic carbocycles. The molecule has 1 saturated heterocycles. The molecule has 2 saturated carbocycles. The lowest BCUT2D eigenvalue weighted by Gasteiger charge is -2.53. The minimum absolute atomic E-state index is 0.0112. The molecule has 1 aliphatic heterocycles. The van der Waals surface area contributed by atoms with Crippen LogP contribution in [-0.4, -0.2) is 28.3 Å². The van der Waals surface area contributed by atoms with E-state index in [1.165, 1.54) is 5.57 Å². The first kappa shape index (κ1) is 17.8. The second kappa shape index (κ2) is 5.79. The van der Waals surface area contributed by atoms with Gasteiger partial charge in [-0.15, -0.1) is 0 Å². The summed E-state index contributed by atoms with van der Waals surface area (Å²) in [7, 11) is 0. The maximum atomic E-state index is 12.8. The topological polar surface area (TPSA) is 59.1 Å². The summed E-state index contributed by atoms with van der Waals surface area (Å²) in [5, 5.41) is 8.88. The molecule has 3 rings (SSSR count). The first-order valence-corrected chi connectivity index (χ1v) is 9.03. The van der Waals surface area contributed by atoms with Crippen LogP contribution in [0, 0.1) is 17.3 Å². The van der Waals surface area contributed by atoms with E-state index in [0.717, 1.165) is 32.1 Å². The van der Waals surface area contributed by atoms with Gasteiger partial charge < -0.3 is 4.74 Å². The largest absolute Gasteiger partial charge is 0.366 e. The van der Waals surface area contributed by atoms with E-state index >= 15 is 0 Å². The standard InChI is InChI=1S/C20H30O4/c1-13-6-7-17-20(5,23-17)11-8-15-14(13)12-19(15,4)16(21)9-10-18(2,3)24-22/h9-10,14-15,17,22H,1,6-8,11-12H2,2-5H3/b10-9+/t14-,15-,17-,19-,20-/m0/s1. The summed E-state index contributed by atoms with van der Waals surface area (Å²) < 4.78 is 5.89. The summed E-state index contributed by atoms with van der Waals surface area (Å²) in [6.07, 6.45) is 8.56. The number of allylic oxidation sites excluding steroid dienone is 2. The van der Waals surface area contributed by atoms with E-state index in [4.69, 9.17) is 9.99 Å². The van der Waals surface area contributed by atoms with Crippen molar-refractivity contribution in [1.82, 2.24) is 0 Å². The fourth-order valence-electron chi connectivity index (χ4n) is 4.58. The highest BCUT2D eigenvalue weighted by atomic mass is 17.1. The van der Waals surface area contributed by atoms with Gasteiger partial charge in [0.2, 0.25) is 0 Å². The van der Waals surface area contributed by atoms with Gasteiger partial charge in [-0.05, 0) is 76.9 Å². The van der Waals surface area contributed by atoms with Crippen LogP contribution < -0.4 is 0 Å². The maximum absolute atomic E-state index is 12.8. The van der Waals surface area contributed by atoms with Crippen LogP contribution in [0.4, 0.5) is 0 Å². The Morgan fingerprint density at radius 2 is 2.12 bits per heavy atom. The molecular formula is C20H30O4. The van der Waals surface area contributed by atoms with Crippen molar-refractivity contribution in [3.63, 3.8) is 0 Å². The third-order valence-corrected chi connectivity index (χ3v) is 6.62. The van der Waals surface area contributed by atoms with Crippen LogP contribution >= 0.6 is 0 Å². The quantitative estimate of drug-likeness (QED) is 0.274. The van der Waals surface area contributed by atoms with E-state index < -0.39 is 5.60 Å². The van der Waals surface area contributed by atoms with E-state index in [1.54, 1.807) is 26.0 Å². The minimum Gasteiger partial charge on any atom is -0.366 e. The molecule has 1 N–H and O–H groups in total. The van der Waals surface area contributed by atoms with Crippen molar-refractivity contribution < 1.29 is 19.7 Å². The highest BCUT2D eigenvalue weighted by molar-refractivity contribution is 5.95. The molecule has 0 radical (unpaired) electrons. The molecule has 4 nitrogen and oxygen atoms in total. The Morgan fingerprint density at radius 3 is 2.79 bits per heavy atom. The van der Waals surface area contributed by atoms with Crippen LogP contribution in [0.25, 0.3) is 0 Å². The van der Waals surface area contributed by atoms with E-state index in [-0.39, 0.29) is 16.8 Å². The van der Waals surface area contributed by atoms with Crippen LogP contribution in [0.5, 0.6) is 0 Å². The zero-order valence-electron chi connectivity index (χ0n) is 15.3. The summed E-state index contributed by atoms with van der Waals surface area (Å²) in [5.41, 5.74) is 0.102. The van der Waals surface area contributed by atoms with Crippen molar-refractivity contribution in [3.05, 3.63) is 24.3 Å². The number of hydrogen-bond acceptors (Lipinski definition) is 4. The number of rotatable bonds is 4. The van der Waals surface area contributed by atoms with Crippen molar-refractivity contribution >= 4 is 5.78 Å². The molecular weight excluding hydrogens is 304 g/mol. The third kappa shape index (κ3) is 3.00. The average Bonchev–Trinajstić information content (AvgIpc) is 3.16. The van der Waals surface area contributed by atoms with Crippen molar-refractivity contribution in [2.24, 2.45) is 17.3 Å². The zero-order valence-corrected chi connectivity index (χ0v) is 15.3. The van der Waals surface area contributed by atoms with Crippen molar-refractivity contribution in [2.45, 2.75) is 77.1 Å². The van der Waals surface area contributed by atoms with E-state index in [0.29, 0.717) is 17.9 Å². The predicted molar refractivity (Wildman–Crippen MR) is 92.5 cm³/mol. The maximum Gasteiger partial charge on any atom is 0.161 e. The smallest absolute Gasteiger partial charge is 0.161 e. The molecule has 0 spiro atoms. The van der Waals surface area contributed by atoms with Gasteiger partial charge in [0.05, 0.1) is 11.7 Å². The van der Waals surface area contributed by atoms with Crippen molar-refractivity contribution in [1.29, 1.82) is 0 Å². The number of carbonyl (C=O) groups excluding carboxylic acids is 1.